The zero-order valence-corrected chi connectivity index (χ0v) is 11.3. The van der Waals surface area contributed by atoms with Gasteiger partial charge in [0.1, 0.15) is 0 Å². The predicted octanol–water partition coefficient (Wildman–Crippen LogP) is 1.79. The molecule has 0 aromatic carbocycles. The van der Waals surface area contributed by atoms with Gasteiger partial charge in [0.05, 0.1) is 5.25 Å². The van der Waals surface area contributed by atoms with Crippen LogP contribution in [0.3, 0.4) is 0 Å². The molecule has 1 aliphatic carbocycles. The highest BCUT2D eigenvalue weighted by atomic mass is 32.2. The third kappa shape index (κ3) is 5.84. The Labute approximate surface area is 105 Å². The highest BCUT2D eigenvalue weighted by Gasteiger charge is 2.26. The Kier molecular flexibility index (Phi) is 7.08. The second-order valence-corrected chi connectivity index (χ2v) is 6.88. The van der Waals surface area contributed by atoms with Crippen LogP contribution in [0.4, 0.5) is 0 Å². The Morgan fingerprint density at radius 3 is 2.29 bits per heavy atom. The van der Waals surface area contributed by atoms with E-state index in [-0.39, 0.29) is 11.9 Å². The van der Waals surface area contributed by atoms with Crippen LogP contribution in [0, 0.1) is 0 Å². The van der Waals surface area contributed by atoms with Gasteiger partial charge >= 0.3 is 0 Å². The second kappa shape index (κ2) is 8.06. The summed E-state index contributed by atoms with van der Waals surface area (Å²) in [4.78, 5) is 0. The first kappa shape index (κ1) is 14.9. The minimum Gasteiger partial charge on any atom is -0.396 e. The van der Waals surface area contributed by atoms with E-state index < -0.39 is 10.0 Å². The summed E-state index contributed by atoms with van der Waals surface area (Å²) in [6, 6.07) is 0. The highest BCUT2D eigenvalue weighted by molar-refractivity contribution is 7.90. The molecule has 0 heterocycles. The topological polar surface area (TPSA) is 66.4 Å². The summed E-state index contributed by atoms with van der Waals surface area (Å²) >= 11 is 0. The van der Waals surface area contributed by atoms with Gasteiger partial charge in [-0.05, 0) is 25.7 Å². The van der Waals surface area contributed by atoms with Crippen molar-refractivity contribution in [3.8, 4) is 0 Å². The largest absolute Gasteiger partial charge is 0.396 e. The molecule has 0 saturated heterocycles. The van der Waals surface area contributed by atoms with Gasteiger partial charge in [0, 0.05) is 13.2 Å². The van der Waals surface area contributed by atoms with Gasteiger partial charge < -0.3 is 5.11 Å². The first-order valence-electron chi connectivity index (χ1n) is 6.76. The van der Waals surface area contributed by atoms with Crippen molar-refractivity contribution >= 4 is 10.0 Å². The summed E-state index contributed by atoms with van der Waals surface area (Å²) in [6.07, 6.45) is 8.54. The van der Waals surface area contributed by atoms with Crippen LogP contribution < -0.4 is 4.72 Å². The van der Waals surface area contributed by atoms with Gasteiger partial charge in [-0.1, -0.05) is 32.1 Å². The van der Waals surface area contributed by atoms with Crippen LogP contribution in [0.15, 0.2) is 0 Å². The molecular weight excluding hydrogens is 238 g/mol. The summed E-state index contributed by atoms with van der Waals surface area (Å²) in [5.41, 5.74) is 0. The number of aliphatic hydroxyl groups is 1. The van der Waals surface area contributed by atoms with Crippen LogP contribution in [0.25, 0.3) is 0 Å². The summed E-state index contributed by atoms with van der Waals surface area (Å²) in [6.45, 7) is 0.776. The molecule has 0 aliphatic heterocycles. The summed E-state index contributed by atoms with van der Waals surface area (Å²) in [5.74, 6) is 0. The molecule has 1 aliphatic rings. The van der Waals surface area contributed by atoms with Crippen molar-refractivity contribution < 1.29 is 13.5 Å². The lowest BCUT2D eigenvalue weighted by molar-refractivity contribution is 0.282. The van der Waals surface area contributed by atoms with E-state index in [1.807, 2.05) is 0 Å². The Hall–Kier alpha value is -0.130. The average molecular weight is 263 g/mol. The van der Waals surface area contributed by atoms with E-state index in [0.717, 1.165) is 51.4 Å². The third-order valence-corrected chi connectivity index (χ3v) is 5.33. The van der Waals surface area contributed by atoms with Crippen molar-refractivity contribution in [2.45, 2.75) is 63.0 Å². The number of nitrogens with one attached hydrogen (secondary N) is 1. The molecule has 0 aromatic rings. The highest BCUT2D eigenvalue weighted by Crippen LogP contribution is 2.22. The minimum atomic E-state index is -3.08. The second-order valence-electron chi connectivity index (χ2n) is 4.84. The summed E-state index contributed by atoms with van der Waals surface area (Å²) in [7, 11) is -3.08. The Balaban J connectivity index is 2.15. The van der Waals surface area contributed by atoms with Crippen LogP contribution in [0.5, 0.6) is 0 Å². The van der Waals surface area contributed by atoms with E-state index in [4.69, 9.17) is 5.11 Å². The predicted molar refractivity (Wildman–Crippen MR) is 69.3 cm³/mol. The smallest absolute Gasteiger partial charge is 0.214 e. The van der Waals surface area contributed by atoms with Gasteiger partial charge in [-0.15, -0.1) is 0 Å². The fourth-order valence-electron chi connectivity index (χ4n) is 2.30. The van der Waals surface area contributed by atoms with Gasteiger partial charge in [0.2, 0.25) is 10.0 Å². The lowest BCUT2D eigenvalue weighted by atomic mass is 10.0. The Morgan fingerprint density at radius 1 is 1.00 bits per heavy atom. The van der Waals surface area contributed by atoms with E-state index in [1.165, 1.54) is 6.42 Å². The molecule has 102 valence electrons. The van der Waals surface area contributed by atoms with E-state index >= 15 is 0 Å². The molecule has 0 spiro atoms. The molecule has 1 rings (SSSR count). The molecule has 0 radical (unpaired) electrons. The molecule has 5 heteroatoms. The molecule has 4 nitrogen and oxygen atoms in total. The Bertz CT molecular complexity index is 284. The monoisotopic (exact) mass is 263 g/mol. The number of hydrogen-bond acceptors (Lipinski definition) is 3. The van der Waals surface area contributed by atoms with Crippen molar-refractivity contribution in [1.29, 1.82) is 0 Å². The molecule has 1 saturated carbocycles. The van der Waals surface area contributed by atoms with E-state index in [2.05, 4.69) is 4.72 Å². The lowest BCUT2D eigenvalue weighted by Crippen LogP contribution is -2.36. The molecule has 0 unspecified atom stereocenters. The van der Waals surface area contributed by atoms with Gasteiger partial charge in [-0.2, -0.15) is 0 Å². The van der Waals surface area contributed by atoms with E-state index in [1.54, 1.807) is 0 Å². The van der Waals surface area contributed by atoms with Crippen LogP contribution in [-0.4, -0.2) is 31.9 Å². The lowest BCUT2D eigenvalue weighted by Gasteiger charge is -2.21. The van der Waals surface area contributed by atoms with Gasteiger partial charge in [0.25, 0.3) is 0 Å². The van der Waals surface area contributed by atoms with Crippen molar-refractivity contribution in [3.63, 3.8) is 0 Å². The van der Waals surface area contributed by atoms with Crippen molar-refractivity contribution in [1.82, 2.24) is 4.72 Å². The zero-order chi connectivity index (χ0) is 12.6. The minimum absolute atomic E-state index is 0.159. The normalized spacial score (nSPS) is 18.4. The maximum absolute atomic E-state index is 11.9. The average Bonchev–Trinajstić information content (AvgIpc) is 2.35. The van der Waals surface area contributed by atoms with Crippen LogP contribution in [-0.2, 0) is 10.0 Å². The van der Waals surface area contributed by atoms with E-state index in [9.17, 15) is 8.42 Å². The van der Waals surface area contributed by atoms with Crippen molar-refractivity contribution in [2.75, 3.05) is 13.2 Å². The molecule has 0 bridgehead atoms. The zero-order valence-electron chi connectivity index (χ0n) is 10.5. The van der Waals surface area contributed by atoms with E-state index in [0.29, 0.717) is 6.54 Å². The molecule has 1 fully saturated rings. The number of hydrogen-bond donors (Lipinski definition) is 2. The molecule has 0 amide bonds. The fraction of sp³-hybridized carbons (Fsp3) is 1.00. The molecule has 17 heavy (non-hydrogen) atoms. The molecule has 2 N–H and O–H groups in total. The maximum atomic E-state index is 11.9. The first-order valence-corrected chi connectivity index (χ1v) is 8.31. The molecule has 0 aromatic heterocycles. The van der Waals surface area contributed by atoms with Gasteiger partial charge in [0.15, 0.2) is 0 Å². The number of aliphatic hydroxyl groups excluding tert-OH is 1. The number of rotatable bonds is 8. The van der Waals surface area contributed by atoms with Crippen molar-refractivity contribution in [3.05, 3.63) is 0 Å². The summed E-state index contributed by atoms with van der Waals surface area (Å²) < 4.78 is 26.6. The van der Waals surface area contributed by atoms with Crippen LogP contribution in [0.2, 0.25) is 0 Å². The number of sulfonamides is 1. The Morgan fingerprint density at radius 2 is 1.65 bits per heavy atom. The maximum Gasteiger partial charge on any atom is 0.214 e. The SMILES string of the molecule is O=S(=O)(NCCCCCCO)C1CCCCC1. The van der Waals surface area contributed by atoms with Gasteiger partial charge in [-0.25, -0.2) is 13.1 Å². The van der Waals surface area contributed by atoms with Crippen LogP contribution in [0.1, 0.15) is 57.8 Å². The number of unbranched alkanes of at least 4 members (excludes halogenated alkanes) is 3. The quantitative estimate of drug-likeness (QED) is 0.656. The van der Waals surface area contributed by atoms with Crippen LogP contribution >= 0.6 is 0 Å². The molecular formula is C12H25NO3S. The standard InChI is InChI=1S/C12H25NO3S/c14-11-7-2-1-6-10-13-17(15,16)12-8-4-3-5-9-12/h12-14H,1-11H2. The van der Waals surface area contributed by atoms with Crippen molar-refractivity contribution in [2.24, 2.45) is 0 Å². The third-order valence-electron chi connectivity index (χ3n) is 3.38. The fourth-order valence-corrected chi connectivity index (χ4v) is 3.92. The first-order chi connectivity index (χ1) is 8.17. The molecule has 0 atom stereocenters. The van der Waals surface area contributed by atoms with Gasteiger partial charge in [-0.3, -0.25) is 0 Å². The summed E-state index contributed by atoms with van der Waals surface area (Å²) in [5, 5.41) is 8.45.